The third-order valence-electron chi connectivity index (χ3n) is 4.32. The molecule has 1 aromatic heterocycles. The number of nitrogens with zero attached hydrogens (tertiary/aromatic N) is 1. The summed E-state index contributed by atoms with van der Waals surface area (Å²) in [6.07, 6.45) is 2.28. The van der Waals surface area contributed by atoms with E-state index in [0.717, 1.165) is 36.5 Å². The number of ether oxygens (including phenoxy) is 2. The van der Waals surface area contributed by atoms with E-state index in [1.54, 1.807) is 25.6 Å². The molecular formula is C18H23N3O3S. The van der Waals surface area contributed by atoms with Gasteiger partial charge in [-0.15, -0.1) is 11.3 Å². The second-order valence-corrected chi connectivity index (χ2v) is 6.84. The van der Waals surface area contributed by atoms with Crippen LogP contribution < -0.4 is 20.1 Å². The van der Waals surface area contributed by atoms with Gasteiger partial charge in [0.25, 0.3) is 5.91 Å². The van der Waals surface area contributed by atoms with Gasteiger partial charge in [0, 0.05) is 30.0 Å². The van der Waals surface area contributed by atoms with Gasteiger partial charge in [0.2, 0.25) is 0 Å². The fourth-order valence-electron chi connectivity index (χ4n) is 3.00. The first-order valence-corrected chi connectivity index (χ1v) is 9.25. The summed E-state index contributed by atoms with van der Waals surface area (Å²) in [5.74, 6) is 1.53. The van der Waals surface area contributed by atoms with Crippen LogP contribution in [-0.2, 0) is 6.54 Å². The number of amides is 1. The Bertz CT molecular complexity index is 726. The number of para-hydroxylation sites is 1. The van der Waals surface area contributed by atoms with Crippen LogP contribution in [0.5, 0.6) is 11.5 Å². The minimum Gasteiger partial charge on any atom is -0.493 e. The van der Waals surface area contributed by atoms with Crippen molar-refractivity contribution < 1.29 is 14.3 Å². The molecule has 0 aliphatic carbocycles. The first kappa shape index (κ1) is 17.7. The first-order valence-electron chi connectivity index (χ1n) is 8.37. The van der Waals surface area contributed by atoms with Gasteiger partial charge in [-0.05, 0) is 25.5 Å². The average Bonchev–Trinajstić information content (AvgIpc) is 3.16. The maximum atomic E-state index is 12.4. The first-order chi connectivity index (χ1) is 12.2. The molecule has 134 valence electrons. The van der Waals surface area contributed by atoms with E-state index in [2.05, 4.69) is 15.6 Å². The largest absolute Gasteiger partial charge is 0.493 e. The molecule has 1 aromatic carbocycles. The predicted octanol–water partition coefficient (Wildman–Crippen LogP) is 2.56. The molecule has 1 aliphatic heterocycles. The van der Waals surface area contributed by atoms with Crippen molar-refractivity contribution >= 4 is 17.2 Å². The highest BCUT2D eigenvalue weighted by molar-refractivity contribution is 7.09. The monoisotopic (exact) mass is 361 g/mol. The van der Waals surface area contributed by atoms with Crippen LogP contribution >= 0.6 is 11.3 Å². The molecule has 0 spiro atoms. The topological polar surface area (TPSA) is 72.5 Å². The third-order valence-corrected chi connectivity index (χ3v) is 5.33. The van der Waals surface area contributed by atoms with E-state index in [1.807, 2.05) is 23.6 Å². The highest BCUT2D eigenvalue weighted by Crippen LogP contribution is 2.30. The van der Waals surface area contributed by atoms with Crippen LogP contribution in [-0.4, -0.2) is 38.2 Å². The number of hydrogen-bond donors (Lipinski definition) is 2. The van der Waals surface area contributed by atoms with Crippen LogP contribution in [0, 0.1) is 0 Å². The van der Waals surface area contributed by atoms with Crippen LogP contribution in [0.1, 0.15) is 39.8 Å². The SMILES string of the molecule is COc1cccc(CNC(=O)c2csc(C3CCCNC3)n2)c1OC. The quantitative estimate of drug-likeness (QED) is 0.827. The number of rotatable bonds is 6. The standard InChI is InChI=1S/C18H23N3O3S/c1-23-15-7-3-5-12(16(15)24-2)10-20-17(22)14-11-25-18(21-14)13-6-4-8-19-9-13/h3,5,7,11,13,19H,4,6,8-10H2,1-2H3,(H,20,22). The van der Waals surface area contributed by atoms with Crippen molar-refractivity contribution in [2.75, 3.05) is 27.3 Å². The molecule has 3 rings (SSSR count). The van der Waals surface area contributed by atoms with Crippen molar-refractivity contribution in [2.45, 2.75) is 25.3 Å². The lowest BCUT2D eigenvalue weighted by molar-refractivity contribution is 0.0946. The van der Waals surface area contributed by atoms with Crippen molar-refractivity contribution in [3.8, 4) is 11.5 Å². The fourth-order valence-corrected chi connectivity index (χ4v) is 3.94. The van der Waals surface area contributed by atoms with Crippen LogP contribution in [0.4, 0.5) is 0 Å². The number of piperidine rings is 1. The Morgan fingerprint density at radius 3 is 3.00 bits per heavy atom. The van der Waals surface area contributed by atoms with E-state index in [9.17, 15) is 4.79 Å². The van der Waals surface area contributed by atoms with E-state index >= 15 is 0 Å². The molecular weight excluding hydrogens is 338 g/mol. The van der Waals surface area contributed by atoms with Crippen LogP contribution in [0.15, 0.2) is 23.6 Å². The Morgan fingerprint density at radius 2 is 2.28 bits per heavy atom. The molecule has 1 atom stereocenters. The highest BCUT2D eigenvalue weighted by Gasteiger charge is 2.20. The van der Waals surface area contributed by atoms with Crippen LogP contribution in [0.3, 0.4) is 0 Å². The van der Waals surface area contributed by atoms with Crippen LogP contribution in [0.2, 0.25) is 0 Å². The van der Waals surface area contributed by atoms with E-state index in [4.69, 9.17) is 9.47 Å². The maximum absolute atomic E-state index is 12.4. The molecule has 1 aliphatic rings. The summed E-state index contributed by atoms with van der Waals surface area (Å²) < 4.78 is 10.7. The maximum Gasteiger partial charge on any atom is 0.271 e. The van der Waals surface area contributed by atoms with E-state index in [0.29, 0.717) is 29.7 Å². The Balaban J connectivity index is 1.64. The molecule has 1 unspecified atom stereocenters. The summed E-state index contributed by atoms with van der Waals surface area (Å²) in [7, 11) is 3.19. The van der Waals surface area contributed by atoms with Gasteiger partial charge in [-0.3, -0.25) is 4.79 Å². The summed E-state index contributed by atoms with van der Waals surface area (Å²) >= 11 is 1.56. The minimum atomic E-state index is -0.170. The molecule has 2 aromatic rings. The summed E-state index contributed by atoms with van der Waals surface area (Å²) in [6, 6.07) is 5.61. The smallest absolute Gasteiger partial charge is 0.271 e. The van der Waals surface area contributed by atoms with Crippen LogP contribution in [0.25, 0.3) is 0 Å². The molecule has 25 heavy (non-hydrogen) atoms. The number of carbonyl (C=O) groups excluding carboxylic acids is 1. The van der Waals surface area contributed by atoms with Crippen molar-refractivity contribution in [1.82, 2.24) is 15.6 Å². The van der Waals surface area contributed by atoms with E-state index in [-0.39, 0.29) is 5.91 Å². The summed E-state index contributed by atoms with van der Waals surface area (Å²) in [6.45, 7) is 2.37. The number of carbonyl (C=O) groups is 1. The average molecular weight is 361 g/mol. The summed E-state index contributed by atoms with van der Waals surface area (Å²) in [4.78, 5) is 16.9. The van der Waals surface area contributed by atoms with Gasteiger partial charge in [-0.1, -0.05) is 12.1 Å². The lowest BCUT2D eigenvalue weighted by atomic mass is 10.0. The van der Waals surface area contributed by atoms with Crippen molar-refractivity contribution in [3.05, 3.63) is 39.8 Å². The van der Waals surface area contributed by atoms with Gasteiger partial charge in [0.1, 0.15) is 5.69 Å². The lowest BCUT2D eigenvalue weighted by Gasteiger charge is -2.20. The number of hydrogen-bond acceptors (Lipinski definition) is 6. The molecule has 0 bridgehead atoms. The second kappa shape index (κ2) is 8.31. The van der Waals surface area contributed by atoms with Gasteiger partial charge in [-0.2, -0.15) is 0 Å². The van der Waals surface area contributed by atoms with Gasteiger partial charge in [-0.25, -0.2) is 4.98 Å². The van der Waals surface area contributed by atoms with E-state index < -0.39 is 0 Å². The Kier molecular flexibility index (Phi) is 5.88. The number of nitrogens with one attached hydrogen (secondary N) is 2. The zero-order chi connectivity index (χ0) is 17.6. The Hall–Kier alpha value is -2.12. The lowest BCUT2D eigenvalue weighted by Crippen LogP contribution is -2.28. The zero-order valence-corrected chi connectivity index (χ0v) is 15.3. The molecule has 7 heteroatoms. The number of benzene rings is 1. The fraction of sp³-hybridized carbons (Fsp3) is 0.444. The minimum absolute atomic E-state index is 0.170. The summed E-state index contributed by atoms with van der Waals surface area (Å²) in [5, 5.41) is 9.17. The molecule has 1 fully saturated rings. The molecule has 0 radical (unpaired) electrons. The van der Waals surface area contributed by atoms with Gasteiger partial charge >= 0.3 is 0 Å². The van der Waals surface area contributed by atoms with Gasteiger partial charge in [0.15, 0.2) is 11.5 Å². The van der Waals surface area contributed by atoms with E-state index in [1.165, 1.54) is 0 Å². The van der Waals surface area contributed by atoms with Crippen molar-refractivity contribution in [1.29, 1.82) is 0 Å². The molecule has 1 saturated heterocycles. The van der Waals surface area contributed by atoms with Crippen molar-refractivity contribution in [3.63, 3.8) is 0 Å². The second-order valence-electron chi connectivity index (χ2n) is 5.95. The van der Waals surface area contributed by atoms with Gasteiger partial charge < -0.3 is 20.1 Å². The van der Waals surface area contributed by atoms with Crippen molar-refractivity contribution in [2.24, 2.45) is 0 Å². The normalized spacial score (nSPS) is 17.1. The molecule has 2 N–H and O–H groups in total. The number of methoxy groups -OCH3 is 2. The highest BCUT2D eigenvalue weighted by atomic mass is 32.1. The Morgan fingerprint density at radius 1 is 1.40 bits per heavy atom. The third kappa shape index (κ3) is 4.11. The predicted molar refractivity (Wildman–Crippen MR) is 97.7 cm³/mol. The molecule has 1 amide bonds. The molecule has 0 saturated carbocycles. The molecule has 2 heterocycles. The Labute approximate surface area is 151 Å². The zero-order valence-electron chi connectivity index (χ0n) is 14.5. The number of aromatic nitrogens is 1. The number of thiazole rings is 1. The van der Waals surface area contributed by atoms with Gasteiger partial charge in [0.05, 0.1) is 19.2 Å². The summed E-state index contributed by atoms with van der Waals surface area (Å²) in [5.41, 5.74) is 1.34. The molecule has 6 nitrogen and oxygen atoms in total.